The van der Waals surface area contributed by atoms with Crippen molar-refractivity contribution in [2.24, 2.45) is 0 Å². The van der Waals surface area contributed by atoms with Crippen molar-refractivity contribution in [1.29, 1.82) is 0 Å². The summed E-state index contributed by atoms with van der Waals surface area (Å²) in [6.07, 6.45) is 0. The molecule has 0 saturated carbocycles. The van der Waals surface area contributed by atoms with E-state index in [-0.39, 0.29) is 13.2 Å². The molecule has 8 heteroatoms. The van der Waals surface area contributed by atoms with E-state index in [0.717, 1.165) is 12.1 Å². The molecule has 0 spiro atoms. The van der Waals surface area contributed by atoms with Crippen LogP contribution < -0.4 is 5.32 Å². The summed E-state index contributed by atoms with van der Waals surface area (Å²) in [6.45, 7) is 2.96. The predicted molar refractivity (Wildman–Crippen MR) is 70.9 cm³/mol. The van der Waals surface area contributed by atoms with Gasteiger partial charge in [-0.3, -0.25) is 4.79 Å². The molecule has 0 bridgehead atoms. The van der Waals surface area contributed by atoms with Gasteiger partial charge in [0.05, 0.1) is 18.8 Å². The minimum atomic E-state index is -1.75. The van der Waals surface area contributed by atoms with Crippen molar-refractivity contribution in [3.8, 4) is 0 Å². The van der Waals surface area contributed by atoms with Gasteiger partial charge in [0.25, 0.3) is 5.91 Å². The molecule has 0 fully saturated rings. The van der Waals surface area contributed by atoms with Crippen molar-refractivity contribution in [3.63, 3.8) is 0 Å². The summed E-state index contributed by atoms with van der Waals surface area (Å²) in [5.41, 5.74) is -0.640. The molecule has 0 aliphatic heterocycles. The van der Waals surface area contributed by atoms with Crippen molar-refractivity contribution >= 4 is 17.8 Å². The highest BCUT2D eigenvalue weighted by Crippen LogP contribution is 2.10. The van der Waals surface area contributed by atoms with Crippen LogP contribution >= 0.6 is 0 Å². The van der Waals surface area contributed by atoms with Gasteiger partial charge in [-0.15, -0.1) is 0 Å². The largest absolute Gasteiger partial charge is 0.464 e. The van der Waals surface area contributed by atoms with Crippen LogP contribution in [0.5, 0.6) is 0 Å². The van der Waals surface area contributed by atoms with Crippen LogP contribution in [0.1, 0.15) is 24.2 Å². The average molecular weight is 315 g/mol. The van der Waals surface area contributed by atoms with Crippen molar-refractivity contribution < 1.29 is 32.6 Å². The van der Waals surface area contributed by atoms with Crippen molar-refractivity contribution in [2.45, 2.75) is 19.9 Å². The smallest absolute Gasteiger partial charge is 0.340 e. The van der Waals surface area contributed by atoms with E-state index in [1.54, 1.807) is 0 Å². The van der Waals surface area contributed by atoms with Crippen LogP contribution in [0, 0.1) is 11.6 Å². The molecule has 0 atom stereocenters. The summed E-state index contributed by atoms with van der Waals surface area (Å²) in [7, 11) is 0. The number of esters is 2. The lowest BCUT2D eigenvalue weighted by Gasteiger charge is -2.16. The summed E-state index contributed by atoms with van der Waals surface area (Å²) in [6, 6.07) is 0.488. The third-order valence-electron chi connectivity index (χ3n) is 2.49. The lowest BCUT2D eigenvalue weighted by molar-refractivity contribution is -0.157. The van der Waals surface area contributed by atoms with Gasteiger partial charge in [0, 0.05) is 0 Å². The topological polar surface area (TPSA) is 81.7 Å². The maximum absolute atomic E-state index is 13.5. The second-order valence-electron chi connectivity index (χ2n) is 4.03. The van der Waals surface area contributed by atoms with Crippen molar-refractivity contribution in [1.82, 2.24) is 5.32 Å². The van der Waals surface area contributed by atoms with Gasteiger partial charge < -0.3 is 14.8 Å². The fraction of sp³-hybridized carbons (Fsp3) is 0.357. The number of amides is 1. The number of carbonyl (C=O) groups excluding carboxylic acids is 3. The SMILES string of the molecule is CCOC(=O)C(NC(=O)c1cc(F)ccc1F)C(=O)OCC. The van der Waals surface area contributed by atoms with Gasteiger partial charge in [0.15, 0.2) is 0 Å². The van der Waals surface area contributed by atoms with E-state index < -0.39 is 41.1 Å². The number of carbonyl (C=O) groups is 3. The number of halogens is 2. The Morgan fingerprint density at radius 1 is 1.09 bits per heavy atom. The standard InChI is InChI=1S/C14H15F2NO5/c1-3-21-13(19)11(14(20)22-4-2)17-12(18)9-7-8(15)5-6-10(9)16/h5-7,11H,3-4H2,1-2H3,(H,17,18). The maximum Gasteiger partial charge on any atom is 0.340 e. The summed E-state index contributed by atoms with van der Waals surface area (Å²) in [4.78, 5) is 35.3. The summed E-state index contributed by atoms with van der Waals surface area (Å²) < 4.78 is 35.9. The molecule has 0 aromatic heterocycles. The third kappa shape index (κ3) is 4.51. The summed E-state index contributed by atoms with van der Waals surface area (Å²) in [5, 5.41) is 1.98. The first-order valence-corrected chi connectivity index (χ1v) is 6.49. The van der Waals surface area contributed by atoms with Crippen LogP contribution in [-0.2, 0) is 19.1 Å². The van der Waals surface area contributed by atoms with Crippen LogP contribution in [0.15, 0.2) is 18.2 Å². The molecule has 1 aromatic rings. The van der Waals surface area contributed by atoms with E-state index in [4.69, 9.17) is 0 Å². The maximum atomic E-state index is 13.5. The molecule has 0 unspecified atom stereocenters. The van der Waals surface area contributed by atoms with E-state index in [9.17, 15) is 23.2 Å². The number of nitrogens with one attached hydrogen (secondary N) is 1. The molecule has 0 aliphatic carbocycles. The van der Waals surface area contributed by atoms with Gasteiger partial charge in [-0.2, -0.15) is 0 Å². The van der Waals surface area contributed by atoms with E-state index in [1.165, 1.54) is 13.8 Å². The molecule has 22 heavy (non-hydrogen) atoms. The fourth-order valence-corrected chi connectivity index (χ4v) is 1.55. The molecule has 0 saturated heterocycles. The van der Waals surface area contributed by atoms with E-state index in [0.29, 0.717) is 6.07 Å². The summed E-state index contributed by atoms with van der Waals surface area (Å²) >= 11 is 0. The molecular formula is C14H15F2NO5. The predicted octanol–water partition coefficient (Wildman–Crippen LogP) is 1.19. The lowest BCUT2D eigenvalue weighted by atomic mass is 10.1. The number of benzene rings is 1. The Balaban J connectivity index is 2.97. The Hall–Kier alpha value is -2.51. The second kappa shape index (κ2) is 8.06. The van der Waals surface area contributed by atoms with E-state index in [1.807, 2.05) is 5.32 Å². The molecular weight excluding hydrogens is 300 g/mol. The zero-order valence-electron chi connectivity index (χ0n) is 12.0. The van der Waals surface area contributed by atoms with Crippen LogP contribution in [-0.4, -0.2) is 37.1 Å². The molecule has 0 radical (unpaired) electrons. The Morgan fingerprint density at radius 2 is 1.64 bits per heavy atom. The molecule has 1 aromatic carbocycles. The van der Waals surface area contributed by atoms with Gasteiger partial charge in [-0.25, -0.2) is 18.4 Å². The third-order valence-corrected chi connectivity index (χ3v) is 2.49. The molecule has 0 aliphatic rings. The molecule has 1 amide bonds. The van der Waals surface area contributed by atoms with Crippen molar-refractivity contribution in [2.75, 3.05) is 13.2 Å². The van der Waals surface area contributed by atoms with Gasteiger partial charge >= 0.3 is 11.9 Å². The lowest BCUT2D eigenvalue weighted by Crippen LogP contribution is -2.48. The molecule has 0 heterocycles. The van der Waals surface area contributed by atoms with Crippen LogP contribution in [0.25, 0.3) is 0 Å². The molecule has 1 N–H and O–H groups in total. The number of ether oxygens (including phenoxy) is 2. The quantitative estimate of drug-likeness (QED) is 0.630. The van der Waals surface area contributed by atoms with Crippen LogP contribution in [0.2, 0.25) is 0 Å². The van der Waals surface area contributed by atoms with E-state index >= 15 is 0 Å². The zero-order chi connectivity index (χ0) is 16.7. The van der Waals surface area contributed by atoms with Crippen molar-refractivity contribution in [3.05, 3.63) is 35.4 Å². The zero-order valence-corrected chi connectivity index (χ0v) is 12.0. The normalized spacial score (nSPS) is 10.2. The van der Waals surface area contributed by atoms with E-state index in [2.05, 4.69) is 9.47 Å². The highest BCUT2D eigenvalue weighted by molar-refractivity contribution is 6.05. The van der Waals surface area contributed by atoms with Crippen LogP contribution in [0.3, 0.4) is 0 Å². The van der Waals surface area contributed by atoms with Crippen LogP contribution in [0.4, 0.5) is 8.78 Å². The Morgan fingerprint density at radius 3 is 2.14 bits per heavy atom. The fourth-order valence-electron chi connectivity index (χ4n) is 1.55. The first kappa shape index (κ1) is 17.5. The minimum absolute atomic E-state index is 0.0288. The molecule has 6 nitrogen and oxygen atoms in total. The summed E-state index contributed by atoms with van der Waals surface area (Å²) in [5.74, 6) is -5.07. The minimum Gasteiger partial charge on any atom is -0.464 e. The first-order valence-electron chi connectivity index (χ1n) is 6.49. The van der Waals surface area contributed by atoms with Gasteiger partial charge in [-0.05, 0) is 32.0 Å². The Labute approximate surface area is 125 Å². The average Bonchev–Trinajstić information content (AvgIpc) is 2.47. The highest BCUT2D eigenvalue weighted by Gasteiger charge is 2.32. The molecule has 1 rings (SSSR count). The van der Waals surface area contributed by atoms with Gasteiger partial charge in [-0.1, -0.05) is 0 Å². The first-order chi connectivity index (χ1) is 10.4. The highest BCUT2D eigenvalue weighted by atomic mass is 19.1. The second-order valence-corrected chi connectivity index (χ2v) is 4.03. The number of rotatable bonds is 6. The number of hydrogen-bond donors (Lipinski definition) is 1. The monoisotopic (exact) mass is 315 g/mol. The number of hydrogen-bond acceptors (Lipinski definition) is 5. The Bertz CT molecular complexity index is 558. The van der Waals surface area contributed by atoms with Gasteiger partial charge in [0.2, 0.25) is 6.04 Å². The molecule has 120 valence electrons. The van der Waals surface area contributed by atoms with Gasteiger partial charge in [0.1, 0.15) is 11.6 Å². The Kier molecular flexibility index (Phi) is 6.43.